The van der Waals surface area contributed by atoms with Crippen molar-refractivity contribution < 1.29 is 19.1 Å². The van der Waals surface area contributed by atoms with E-state index < -0.39 is 17.3 Å². The Labute approximate surface area is 132 Å². The Morgan fingerprint density at radius 2 is 2.19 bits per heavy atom. The Morgan fingerprint density at radius 3 is 2.76 bits per heavy atom. The Hall–Kier alpha value is -1.64. The van der Waals surface area contributed by atoms with E-state index in [4.69, 9.17) is 28.3 Å². The molecule has 0 bridgehead atoms. The highest BCUT2D eigenvalue weighted by Gasteiger charge is 2.19. The second kappa shape index (κ2) is 6.42. The number of amidine groups is 1. The van der Waals surface area contributed by atoms with Crippen LogP contribution in [0.4, 0.5) is 4.39 Å². The third-order valence-corrected chi connectivity index (χ3v) is 4.00. The van der Waals surface area contributed by atoms with Crippen LogP contribution in [0.5, 0.6) is 0 Å². The second-order valence-electron chi connectivity index (χ2n) is 3.74. The monoisotopic (exact) mass is 349 g/mol. The van der Waals surface area contributed by atoms with E-state index in [0.29, 0.717) is 0 Å². The van der Waals surface area contributed by atoms with Gasteiger partial charge in [-0.1, -0.05) is 35.0 Å². The summed E-state index contributed by atoms with van der Waals surface area (Å²) in [5, 5.41) is 18.3. The minimum Gasteiger partial charge on any atom is -0.478 e. The largest absolute Gasteiger partial charge is 0.478 e. The summed E-state index contributed by atoms with van der Waals surface area (Å²) in [7, 11) is 0. The summed E-state index contributed by atoms with van der Waals surface area (Å²) in [5.74, 6) is -2.30. The van der Waals surface area contributed by atoms with Gasteiger partial charge in [0.1, 0.15) is 5.82 Å². The van der Waals surface area contributed by atoms with Gasteiger partial charge >= 0.3 is 5.97 Å². The van der Waals surface area contributed by atoms with Gasteiger partial charge < -0.3 is 10.4 Å². The number of rotatable bonds is 3. The van der Waals surface area contributed by atoms with Crippen molar-refractivity contribution in [3.8, 4) is 0 Å². The van der Waals surface area contributed by atoms with Crippen molar-refractivity contribution in [1.29, 1.82) is 0 Å². The fourth-order valence-corrected chi connectivity index (χ4v) is 2.57. The first-order valence-corrected chi connectivity index (χ1v) is 7.08. The molecule has 21 heavy (non-hydrogen) atoms. The summed E-state index contributed by atoms with van der Waals surface area (Å²) >= 11 is 12.7. The van der Waals surface area contributed by atoms with Crippen LogP contribution in [-0.2, 0) is 4.79 Å². The van der Waals surface area contributed by atoms with Crippen molar-refractivity contribution in [3.63, 3.8) is 0 Å². The number of halogens is 3. The first kappa shape index (κ1) is 15.7. The zero-order valence-electron chi connectivity index (χ0n) is 10.1. The summed E-state index contributed by atoms with van der Waals surface area (Å²) < 4.78 is 13.5. The van der Waals surface area contributed by atoms with Crippen molar-refractivity contribution >= 4 is 58.2 Å². The lowest BCUT2D eigenvalue weighted by atomic mass is 10.1. The van der Waals surface area contributed by atoms with E-state index in [1.54, 1.807) is 0 Å². The van der Waals surface area contributed by atoms with Crippen molar-refractivity contribution in [3.05, 3.63) is 33.1 Å². The van der Waals surface area contributed by atoms with Gasteiger partial charge in [0.05, 0.1) is 27.6 Å². The number of carbonyl (C=O) groups is 2. The zero-order valence-corrected chi connectivity index (χ0v) is 12.4. The molecule has 2 N–H and O–H groups in total. The fraction of sp³-hybridized carbons (Fsp3) is 0.0909. The molecule has 0 saturated carbocycles. The highest BCUT2D eigenvalue weighted by Crippen LogP contribution is 2.29. The molecule has 0 aromatic heterocycles. The van der Waals surface area contributed by atoms with Gasteiger partial charge in [-0.15, -0.1) is 5.10 Å². The van der Waals surface area contributed by atoms with Crippen LogP contribution in [-0.4, -0.2) is 34.1 Å². The minimum absolute atomic E-state index is 0.102. The van der Waals surface area contributed by atoms with Crippen molar-refractivity contribution in [1.82, 2.24) is 5.32 Å². The molecule has 10 heteroatoms. The molecule has 1 aromatic rings. The van der Waals surface area contributed by atoms with Crippen LogP contribution in [0.1, 0.15) is 15.9 Å². The highest BCUT2D eigenvalue weighted by atomic mass is 35.5. The van der Waals surface area contributed by atoms with Crippen LogP contribution >= 0.6 is 35.0 Å². The number of benzene rings is 1. The molecule has 1 aliphatic heterocycles. The lowest BCUT2D eigenvalue weighted by Crippen LogP contribution is -2.19. The lowest BCUT2D eigenvalue weighted by molar-refractivity contribution is -0.116. The maximum Gasteiger partial charge on any atom is 0.337 e. The summed E-state index contributed by atoms with van der Waals surface area (Å²) in [4.78, 5) is 21.9. The number of carboxylic acid groups (broad SMARTS) is 1. The summed E-state index contributed by atoms with van der Waals surface area (Å²) in [6, 6.07) is 0.725. The van der Waals surface area contributed by atoms with Crippen LogP contribution < -0.4 is 5.32 Å². The number of nitrogens with one attached hydrogen (secondary N) is 1. The maximum atomic E-state index is 13.5. The molecule has 1 amide bonds. The molecule has 0 atom stereocenters. The van der Waals surface area contributed by atoms with Gasteiger partial charge in [-0.3, -0.25) is 4.79 Å². The van der Waals surface area contributed by atoms with E-state index in [2.05, 4.69) is 15.5 Å². The number of carbonyl (C=O) groups excluding carboxylic acids is 1. The van der Waals surface area contributed by atoms with Gasteiger partial charge in [-0.25, -0.2) is 9.18 Å². The van der Waals surface area contributed by atoms with Crippen molar-refractivity contribution in [2.24, 2.45) is 10.2 Å². The molecule has 0 aliphatic carbocycles. The summed E-state index contributed by atoms with van der Waals surface area (Å²) in [5.41, 5.74) is -0.536. The predicted molar refractivity (Wildman–Crippen MR) is 79.0 cm³/mol. The number of thioether (sulfide) groups is 1. The molecule has 0 unspecified atom stereocenters. The fourth-order valence-electron chi connectivity index (χ4n) is 1.41. The Bertz CT molecular complexity index is 694. The minimum atomic E-state index is -1.39. The van der Waals surface area contributed by atoms with E-state index in [0.717, 1.165) is 24.0 Å². The Morgan fingerprint density at radius 1 is 1.48 bits per heavy atom. The van der Waals surface area contributed by atoms with E-state index in [9.17, 15) is 14.0 Å². The van der Waals surface area contributed by atoms with Crippen LogP contribution in [0, 0.1) is 5.82 Å². The van der Waals surface area contributed by atoms with Gasteiger partial charge in [-0.2, -0.15) is 5.10 Å². The molecular weight excluding hydrogens is 344 g/mol. The number of nitrogens with zero attached hydrogens (tertiary/aromatic N) is 2. The standard InChI is InChI=1S/C11H6Cl2FN3O3S/c12-8-4(10(19)20)1-6(14)9(13)5(8)2-15-17-11-16-7(18)3-21-11/h1-2H,3H2,(H,19,20)(H,16,17,18). The number of carboxylic acids is 1. The quantitative estimate of drug-likeness (QED) is 0.497. The molecule has 1 aliphatic rings. The van der Waals surface area contributed by atoms with E-state index in [-0.39, 0.29) is 32.4 Å². The highest BCUT2D eigenvalue weighted by molar-refractivity contribution is 8.15. The summed E-state index contributed by atoms with van der Waals surface area (Å²) in [6.07, 6.45) is 1.03. The Kier molecular flexibility index (Phi) is 4.81. The van der Waals surface area contributed by atoms with Crippen molar-refractivity contribution in [2.45, 2.75) is 0 Å². The molecule has 2 rings (SSSR count). The zero-order chi connectivity index (χ0) is 15.6. The number of hydrogen-bond donors (Lipinski definition) is 2. The molecule has 0 spiro atoms. The van der Waals surface area contributed by atoms with Crippen LogP contribution in [0.25, 0.3) is 0 Å². The predicted octanol–water partition coefficient (Wildman–Crippen LogP) is 2.38. The number of aromatic carboxylic acids is 1. The first-order valence-electron chi connectivity index (χ1n) is 5.34. The normalized spacial score (nSPS) is 16.7. The maximum absolute atomic E-state index is 13.5. The van der Waals surface area contributed by atoms with E-state index in [1.165, 1.54) is 0 Å². The van der Waals surface area contributed by atoms with Gasteiger partial charge in [0.15, 0.2) is 5.17 Å². The van der Waals surface area contributed by atoms with Gasteiger partial charge in [0.25, 0.3) is 0 Å². The van der Waals surface area contributed by atoms with Gasteiger partial charge in [0.2, 0.25) is 5.91 Å². The smallest absolute Gasteiger partial charge is 0.337 e. The van der Waals surface area contributed by atoms with Crippen LogP contribution in [0.2, 0.25) is 10.0 Å². The second-order valence-corrected chi connectivity index (χ2v) is 5.46. The molecule has 6 nitrogen and oxygen atoms in total. The SMILES string of the molecule is O=C1CSC(=NN=Cc2c(Cl)c(F)cc(C(=O)O)c2Cl)N1. The van der Waals surface area contributed by atoms with Gasteiger partial charge in [-0.05, 0) is 6.07 Å². The van der Waals surface area contributed by atoms with Crippen molar-refractivity contribution in [2.75, 3.05) is 5.75 Å². The third-order valence-electron chi connectivity index (χ3n) is 2.34. The molecular formula is C11H6Cl2FN3O3S. The van der Waals surface area contributed by atoms with Crippen LogP contribution in [0.15, 0.2) is 16.3 Å². The average molecular weight is 350 g/mol. The third kappa shape index (κ3) is 3.52. The average Bonchev–Trinajstić information content (AvgIpc) is 2.83. The van der Waals surface area contributed by atoms with E-state index in [1.807, 2.05) is 0 Å². The lowest BCUT2D eigenvalue weighted by Gasteiger charge is -2.06. The molecule has 1 heterocycles. The van der Waals surface area contributed by atoms with E-state index >= 15 is 0 Å². The van der Waals surface area contributed by atoms with Gasteiger partial charge in [0, 0.05) is 5.56 Å². The summed E-state index contributed by atoms with van der Waals surface area (Å²) in [6.45, 7) is 0. The molecule has 1 aromatic carbocycles. The first-order chi connectivity index (χ1) is 9.90. The van der Waals surface area contributed by atoms with Crippen LogP contribution in [0.3, 0.4) is 0 Å². The molecule has 1 saturated heterocycles. The number of amides is 1. The molecule has 1 fully saturated rings. The number of hydrogen-bond acceptors (Lipinski definition) is 5. The molecule has 110 valence electrons. The Balaban J connectivity index is 2.35. The topological polar surface area (TPSA) is 91.1 Å². The molecule has 0 radical (unpaired) electrons.